The van der Waals surface area contributed by atoms with E-state index in [1.165, 1.54) is 31.7 Å². The number of ether oxygens (including phenoxy) is 1. The molecule has 1 amide bonds. The van der Waals surface area contributed by atoms with Crippen LogP contribution in [0.5, 0.6) is 0 Å². The van der Waals surface area contributed by atoms with Crippen LogP contribution in [0.3, 0.4) is 0 Å². The number of carboxylic acid groups (broad SMARTS) is 2. The maximum atomic E-state index is 13.6. The number of aromatic nitrogens is 4. The molecule has 0 spiro atoms. The number of aliphatic carboxylic acids is 1. The summed E-state index contributed by atoms with van der Waals surface area (Å²) in [4.78, 5) is 46.7. The maximum absolute atomic E-state index is 13.6. The molecule has 2 aromatic heterocycles. The Kier molecular flexibility index (Phi) is 5.69. The van der Waals surface area contributed by atoms with Crippen LogP contribution in [0.2, 0.25) is 0 Å². The molecule has 0 saturated carbocycles. The lowest BCUT2D eigenvalue weighted by molar-refractivity contribution is -0.207. The van der Waals surface area contributed by atoms with Crippen LogP contribution < -0.4 is 0 Å². The SMILES string of the molecule is CC1(c2ncccn2)N(C(=O)O)C(N2CCCC2)C(O)(c2ncccn2)C1(C(=O)O)C1CCCO1. The summed E-state index contributed by atoms with van der Waals surface area (Å²) in [6.07, 6.45) is 4.27. The number of aliphatic hydroxyl groups is 1. The number of hydrogen-bond donors (Lipinski definition) is 3. The number of amides is 1. The van der Waals surface area contributed by atoms with Crippen LogP contribution in [-0.2, 0) is 20.7 Å². The van der Waals surface area contributed by atoms with E-state index in [0.717, 1.165) is 17.7 Å². The fraction of sp³-hybridized carbons (Fsp3) is 0.565. The zero-order valence-electron chi connectivity index (χ0n) is 19.3. The molecule has 0 aromatic carbocycles. The van der Waals surface area contributed by atoms with Crippen molar-refractivity contribution in [2.24, 2.45) is 5.41 Å². The summed E-state index contributed by atoms with van der Waals surface area (Å²) in [5, 5.41) is 34.6. The minimum absolute atomic E-state index is 0.0450. The van der Waals surface area contributed by atoms with Gasteiger partial charge in [-0.25, -0.2) is 24.7 Å². The molecule has 0 bridgehead atoms. The van der Waals surface area contributed by atoms with E-state index in [1.807, 2.05) is 0 Å². The van der Waals surface area contributed by atoms with E-state index in [4.69, 9.17) is 4.74 Å². The monoisotopic (exact) mass is 484 g/mol. The van der Waals surface area contributed by atoms with E-state index in [0.29, 0.717) is 25.9 Å². The molecule has 3 fully saturated rings. The molecule has 0 radical (unpaired) electrons. The Morgan fingerprint density at radius 3 is 2.03 bits per heavy atom. The summed E-state index contributed by atoms with van der Waals surface area (Å²) in [6.45, 7) is 2.68. The standard InChI is InChI=1S/C23H28N6O6/c1-21(16-24-8-5-9-25-16)22(19(30)31,15-7-4-14-35-15)23(34,17-26-10-6-11-27-17)18(29(21)20(32)33)28-12-2-3-13-28/h5-6,8-11,15,18,34H,2-4,7,12-14H2,1H3,(H,30,31)(H,32,33). The van der Waals surface area contributed by atoms with E-state index < -0.39 is 40.9 Å². The summed E-state index contributed by atoms with van der Waals surface area (Å²) >= 11 is 0. The predicted octanol–water partition coefficient (Wildman–Crippen LogP) is 1.04. The van der Waals surface area contributed by atoms with Crippen molar-refractivity contribution in [2.45, 2.75) is 56.0 Å². The van der Waals surface area contributed by atoms with Crippen molar-refractivity contribution in [1.29, 1.82) is 0 Å². The van der Waals surface area contributed by atoms with Crippen LogP contribution in [0.4, 0.5) is 4.79 Å². The Morgan fingerprint density at radius 2 is 1.54 bits per heavy atom. The maximum Gasteiger partial charge on any atom is 0.409 e. The van der Waals surface area contributed by atoms with Gasteiger partial charge in [0.15, 0.2) is 22.7 Å². The molecular weight excluding hydrogens is 456 g/mol. The molecular formula is C23H28N6O6. The fourth-order valence-corrected chi connectivity index (χ4v) is 6.52. The van der Waals surface area contributed by atoms with Gasteiger partial charge < -0.3 is 20.1 Å². The molecule has 3 aliphatic heterocycles. The van der Waals surface area contributed by atoms with Crippen molar-refractivity contribution < 1.29 is 29.6 Å². The highest BCUT2D eigenvalue weighted by atomic mass is 16.5. The van der Waals surface area contributed by atoms with Crippen molar-refractivity contribution in [3.05, 3.63) is 48.6 Å². The van der Waals surface area contributed by atoms with Gasteiger partial charge in [-0.05, 0) is 44.7 Å². The average Bonchev–Trinajstić information content (AvgIpc) is 3.60. The first kappa shape index (κ1) is 23.5. The molecule has 2 aromatic rings. The number of nitrogens with zero attached hydrogens (tertiary/aromatic N) is 6. The smallest absolute Gasteiger partial charge is 0.409 e. The molecule has 3 N–H and O–H groups in total. The Bertz CT molecular complexity index is 1100. The highest BCUT2D eigenvalue weighted by Gasteiger charge is 2.85. The van der Waals surface area contributed by atoms with E-state index in [2.05, 4.69) is 19.9 Å². The number of rotatable bonds is 5. The van der Waals surface area contributed by atoms with Gasteiger partial charge in [-0.1, -0.05) is 0 Å². The Morgan fingerprint density at radius 1 is 0.971 bits per heavy atom. The first-order valence-corrected chi connectivity index (χ1v) is 11.7. The lowest BCUT2D eigenvalue weighted by Gasteiger charge is -2.48. The van der Waals surface area contributed by atoms with Gasteiger partial charge in [-0.15, -0.1) is 0 Å². The molecule has 12 heteroatoms. The van der Waals surface area contributed by atoms with E-state index in [1.54, 1.807) is 17.0 Å². The van der Waals surface area contributed by atoms with Gasteiger partial charge in [0.2, 0.25) is 0 Å². The summed E-state index contributed by atoms with van der Waals surface area (Å²) < 4.78 is 5.98. The minimum Gasteiger partial charge on any atom is -0.481 e. The number of carbonyl (C=O) groups is 2. The van der Waals surface area contributed by atoms with Gasteiger partial charge in [-0.3, -0.25) is 14.6 Å². The van der Waals surface area contributed by atoms with Crippen LogP contribution in [-0.4, -0.2) is 89.1 Å². The van der Waals surface area contributed by atoms with Crippen molar-refractivity contribution in [3.8, 4) is 0 Å². The summed E-state index contributed by atoms with van der Waals surface area (Å²) in [5.74, 6) is -1.65. The average molecular weight is 485 g/mol. The van der Waals surface area contributed by atoms with Crippen molar-refractivity contribution in [3.63, 3.8) is 0 Å². The molecule has 5 atom stereocenters. The Labute approximate surface area is 201 Å². The zero-order valence-corrected chi connectivity index (χ0v) is 19.3. The molecule has 5 unspecified atom stereocenters. The van der Waals surface area contributed by atoms with Crippen LogP contribution >= 0.6 is 0 Å². The van der Waals surface area contributed by atoms with Crippen molar-refractivity contribution in [1.82, 2.24) is 29.7 Å². The molecule has 12 nitrogen and oxygen atoms in total. The normalized spacial score (nSPS) is 35.4. The third kappa shape index (κ3) is 2.96. The van der Waals surface area contributed by atoms with Gasteiger partial charge in [0, 0.05) is 44.5 Å². The van der Waals surface area contributed by atoms with Gasteiger partial charge in [0.05, 0.1) is 6.10 Å². The molecule has 0 aliphatic carbocycles. The number of carboxylic acids is 1. The van der Waals surface area contributed by atoms with Gasteiger partial charge >= 0.3 is 12.1 Å². The largest absolute Gasteiger partial charge is 0.481 e. The zero-order chi connectivity index (χ0) is 24.8. The van der Waals surface area contributed by atoms with E-state index in [9.17, 15) is 24.9 Å². The first-order chi connectivity index (χ1) is 16.8. The van der Waals surface area contributed by atoms with Crippen LogP contribution in [0.15, 0.2) is 36.9 Å². The van der Waals surface area contributed by atoms with E-state index in [-0.39, 0.29) is 18.3 Å². The molecule has 186 valence electrons. The van der Waals surface area contributed by atoms with Crippen molar-refractivity contribution >= 4 is 12.1 Å². The summed E-state index contributed by atoms with van der Waals surface area (Å²) in [6, 6.07) is 3.11. The minimum atomic E-state index is -2.40. The lowest BCUT2D eigenvalue weighted by atomic mass is 9.58. The van der Waals surface area contributed by atoms with Crippen LogP contribution in [0.1, 0.15) is 44.3 Å². The third-order valence-electron chi connectivity index (χ3n) is 7.82. The first-order valence-electron chi connectivity index (χ1n) is 11.7. The van der Waals surface area contributed by atoms with Crippen molar-refractivity contribution in [2.75, 3.05) is 19.7 Å². The lowest BCUT2D eigenvalue weighted by Crippen LogP contribution is -2.66. The third-order valence-corrected chi connectivity index (χ3v) is 7.82. The summed E-state index contributed by atoms with van der Waals surface area (Å²) in [7, 11) is 0. The van der Waals surface area contributed by atoms with Gasteiger partial charge in [-0.2, -0.15) is 0 Å². The highest BCUT2D eigenvalue weighted by Crippen LogP contribution is 2.66. The molecule has 35 heavy (non-hydrogen) atoms. The number of likely N-dealkylation sites (tertiary alicyclic amines) is 2. The molecule has 5 heterocycles. The molecule has 5 rings (SSSR count). The van der Waals surface area contributed by atoms with Gasteiger partial charge in [0.25, 0.3) is 0 Å². The second-order valence-electron chi connectivity index (χ2n) is 9.37. The fourth-order valence-electron chi connectivity index (χ4n) is 6.52. The van der Waals surface area contributed by atoms with E-state index >= 15 is 0 Å². The highest BCUT2D eigenvalue weighted by molar-refractivity contribution is 5.84. The van der Waals surface area contributed by atoms with Crippen LogP contribution in [0.25, 0.3) is 0 Å². The van der Waals surface area contributed by atoms with Crippen LogP contribution in [0, 0.1) is 5.41 Å². The quantitative estimate of drug-likeness (QED) is 0.556. The Balaban J connectivity index is 1.93. The predicted molar refractivity (Wildman–Crippen MR) is 119 cm³/mol. The second kappa shape index (κ2) is 8.47. The second-order valence-corrected chi connectivity index (χ2v) is 9.37. The summed E-state index contributed by atoms with van der Waals surface area (Å²) in [5.41, 5.74) is -6.61. The number of hydrogen-bond acceptors (Lipinski definition) is 9. The Hall–Kier alpha value is -3.22. The topological polar surface area (TPSA) is 162 Å². The molecule has 3 saturated heterocycles. The van der Waals surface area contributed by atoms with Gasteiger partial charge in [0.1, 0.15) is 11.7 Å². The molecule has 3 aliphatic rings.